The fraction of sp³-hybridized carbons (Fsp3) is 0.214. The lowest BCUT2D eigenvalue weighted by Gasteiger charge is -2.00. The Hall–Kier alpha value is -2.35. The van der Waals surface area contributed by atoms with Crippen molar-refractivity contribution in [2.45, 2.75) is 20.3 Å². The maximum atomic E-state index is 13.2. The molecule has 22 heavy (non-hydrogen) atoms. The van der Waals surface area contributed by atoms with Crippen molar-refractivity contribution in [3.63, 3.8) is 0 Å². The Morgan fingerprint density at radius 2 is 2.05 bits per heavy atom. The number of fused-ring (bicyclic) bond motifs is 1. The third-order valence-corrected chi connectivity index (χ3v) is 4.13. The van der Waals surface area contributed by atoms with Crippen molar-refractivity contribution in [1.82, 2.24) is 10.1 Å². The first-order chi connectivity index (χ1) is 10.4. The number of halogens is 2. The van der Waals surface area contributed by atoms with Gasteiger partial charge in [-0.25, -0.2) is 13.8 Å². The average Bonchev–Trinajstić information content (AvgIpc) is 2.96. The molecule has 0 radical (unpaired) electrons. The van der Waals surface area contributed by atoms with Crippen LogP contribution in [0.25, 0.3) is 10.2 Å². The molecule has 0 aliphatic carbocycles. The van der Waals surface area contributed by atoms with Gasteiger partial charge in [0.05, 0.1) is 22.3 Å². The molecular formula is C14H11F2N3O2S. The monoisotopic (exact) mass is 323 g/mol. The number of hydrogen-bond acceptors (Lipinski definition) is 5. The first kappa shape index (κ1) is 14.6. The fourth-order valence-electron chi connectivity index (χ4n) is 2.06. The highest BCUT2D eigenvalue weighted by molar-refractivity contribution is 7.22. The van der Waals surface area contributed by atoms with Crippen molar-refractivity contribution in [1.29, 1.82) is 0 Å². The summed E-state index contributed by atoms with van der Waals surface area (Å²) in [5.74, 6) is -1.62. The zero-order valence-corrected chi connectivity index (χ0v) is 12.6. The Kier molecular flexibility index (Phi) is 3.61. The van der Waals surface area contributed by atoms with Gasteiger partial charge in [0.15, 0.2) is 16.8 Å². The molecule has 0 fully saturated rings. The number of aromatic nitrogens is 2. The van der Waals surface area contributed by atoms with Gasteiger partial charge in [0.2, 0.25) is 5.91 Å². The smallest absolute Gasteiger partial charge is 0.230 e. The Morgan fingerprint density at radius 1 is 1.32 bits per heavy atom. The SMILES string of the molecule is Cc1noc(C)c1CC(=O)Nc1nc2cc(F)c(F)cc2s1. The number of hydrogen-bond donors (Lipinski definition) is 1. The summed E-state index contributed by atoms with van der Waals surface area (Å²) < 4.78 is 31.8. The number of carbonyl (C=O) groups is 1. The molecule has 0 aliphatic heterocycles. The van der Waals surface area contributed by atoms with Crippen LogP contribution in [0.2, 0.25) is 0 Å². The summed E-state index contributed by atoms with van der Waals surface area (Å²) in [6, 6.07) is 2.07. The third kappa shape index (κ3) is 2.69. The molecule has 1 N–H and O–H groups in total. The third-order valence-electron chi connectivity index (χ3n) is 3.20. The van der Waals surface area contributed by atoms with E-state index in [1.807, 2.05) is 0 Å². The van der Waals surface area contributed by atoms with E-state index in [4.69, 9.17) is 4.52 Å². The minimum absolute atomic E-state index is 0.0970. The van der Waals surface area contributed by atoms with Crippen LogP contribution in [0, 0.1) is 25.5 Å². The summed E-state index contributed by atoms with van der Waals surface area (Å²) >= 11 is 1.08. The highest BCUT2D eigenvalue weighted by atomic mass is 32.1. The van der Waals surface area contributed by atoms with E-state index < -0.39 is 11.6 Å². The Bertz CT molecular complexity index is 814. The number of carbonyl (C=O) groups excluding carboxylic acids is 1. The molecule has 8 heteroatoms. The van der Waals surface area contributed by atoms with Gasteiger partial charge in [-0.3, -0.25) is 4.79 Å². The van der Waals surface area contributed by atoms with Crippen molar-refractivity contribution in [2.75, 3.05) is 5.32 Å². The van der Waals surface area contributed by atoms with E-state index in [0.29, 0.717) is 21.7 Å². The lowest BCUT2D eigenvalue weighted by atomic mass is 10.1. The van der Waals surface area contributed by atoms with Crippen molar-refractivity contribution >= 4 is 32.6 Å². The molecule has 3 aromatic rings. The highest BCUT2D eigenvalue weighted by Gasteiger charge is 2.15. The molecule has 0 saturated heterocycles. The standard InChI is InChI=1S/C14H11F2N3O2S/c1-6-8(7(2)21-19-6)3-13(20)18-14-17-11-4-9(15)10(16)5-12(11)22-14/h4-5H,3H2,1-2H3,(H,17,18,20). The average molecular weight is 323 g/mol. The van der Waals surface area contributed by atoms with Gasteiger partial charge in [0.1, 0.15) is 5.76 Å². The van der Waals surface area contributed by atoms with E-state index in [0.717, 1.165) is 29.0 Å². The lowest BCUT2D eigenvalue weighted by molar-refractivity contribution is -0.115. The van der Waals surface area contributed by atoms with Gasteiger partial charge in [-0.05, 0) is 19.9 Å². The molecule has 0 saturated carbocycles. The number of nitrogens with zero attached hydrogens (tertiary/aromatic N) is 2. The van der Waals surface area contributed by atoms with E-state index in [9.17, 15) is 13.6 Å². The molecule has 3 rings (SSSR count). The number of rotatable bonds is 3. The Morgan fingerprint density at radius 3 is 2.73 bits per heavy atom. The van der Waals surface area contributed by atoms with Crippen LogP contribution in [-0.4, -0.2) is 16.0 Å². The van der Waals surface area contributed by atoms with Gasteiger partial charge in [-0.2, -0.15) is 0 Å². The largest absolute Gasteiger partial charge is 0.361 e. The van der Waals surface area contributed by atoms with Crippen molar-refractivity contribution in [2.24, 2.45) is 0 Å². The number of anilines is 1. The molecule has 0 bridgehead atoms. The molecule has 0 aliphatic rings. The topological polar surface area (TPSA) is 68.0 Å². The molecule has 0 unspecified atom stereocenters. The summed E-state index contributed by atoms with van der Waals surface area (Å²) in [7, 11) is 0. The fourth-order valence-corrected chi connectivity index (χ4v) is 2.94. The minimum Gasteiger partial charge on any atom is -0.361 e. The number of nitrogens with one attached hydrogen (secondary N) is 1. The molecule has 5 nitrogen and oxygen atoms in total. The maximum absolute atomic E-state index is 13.2. The number of aryl methyl sites for hydroxylation is 2. The van der Waals surface area contributed by atoms with Gasteiger partial charge in [0.25, 0.3) is 0 Å². The van der Waals surface area contributed by atoms with Crippen LogP contribution in [0.4, 0.5) is 13.9 Å². The van der Waals surface area contributed by atoms with Crippen LogP contribution < -0.4 is 5.32 Å². The van der Waals surface area contributed by atoms with Crippen LogP contribution in [0.3, 0.4) is 0 Å². The highest BCUT2D eigenvalue weighted by Crippen LogP contribution is 2.28. The lowest BCUT2D eigenvalue weighted by Crippen LogP contribution is -2.14. The zero-order valence-electron chi connectivity index (χ0n) is 11.7. The number of benzene rings is 1. The van der Waals surface area contributed by atoms with Crippen molar-refractivity contribution in [3.8, 4) is 0 Å². The molecule has 1 aromatic carbocycles. The summed E-state index contributed by atoms with van der Waals surface area (Å²) in [4.78, 5) is 16.1. The van der Waals surface area contributed by atoms with E-state index in [1.54, 1.807) is 13.8 Å². The minimum atomic E-state index is -0.966. The first-order valence-corrected chi connectivity index (χ1v) is 7.23. The predicted molar refractivity (Wildman–Crippen MR) is 77.8 cm³/mol. The summed E-state index contributed by atoms with van der Waals surface area (Å²) in [5.41, 5.74) is 1.67. The van der Waals surface area contributed by atoms with E-state index >= 15 is 0 Å². The molecule has 1 amide bonds. The quantitative estimate of drug-likeness (QED) is 0.802. The Balaban J connectivity index is 1.79. The van der Waals surface area contributed by atoms with Crippen LogP contribution in [-0.2, 0) is 11.2 Å². The van der Waals surface area contributed by atoms with Crippen LogP contribution in [0.1, 0.15) is 17.0 Å². The zero-order chi connectivity index (χ0) is 15.9. The van der Waals surface area contributed by atoms with E-state index in [-0.39, 0.29) is 17.5 Å². The second kappa shape index (κ2) is 5.45. The molecule has 114 valence electrons. The normalized spacial score (nSPS) is 11.1. The van der Waals surface area contributed by atoms with E-state index in [2.05, 4.69) is 15.5 Å². The van der Waals surface area contributed by atoms with Gasteiger partial charge < -0.3 is 9.84 Å². The first-order valence-electron chi connectivity index (χ1n) is 6.41. The van der Waals surface area contributed by atoms with E-state index in [1.165, 1.54) is 0 Å². The van der Waals surface area contributed by atoms with Gasteiger partial charge in [-0.15, -0.1) is 0 Å². The van der Waals surface area contributed by atoms with Gasteiger partial charge in [0, 0.05) is 11.6 Å². The molecule has 2 heterocycles. The summed E-state index contributed by atoms with van der Waals surface area (Å²) in [5, 5.41) is 6.68. The van der Waals surface area contributed by atoms with Crippen LogP contribution in [0.15, 0.2) is 16.7 Å². The van der Waals surface area contributed by atoms with Crippen molar-refractivity contribution in [3.05, 3.63) is 40.8 Å². The second-order valence-corrected chi connectivity index (χ2v) is 5.81. The van der Waals surface area contributed by atoms with Crippen molar-refractivity contribution < 1.29 is 18.1 Å². The van der Waals surface area contributed by atoms with Gasteiger partial charge >= 0.3 is 0 Å². The maximum Gasteiger partial charge on any atom is 0.230 e. The van der Waals surface area contributed by atoms with Crippen LogP contribution in [0.5, 0.6) is 0 Å². The van der Waals surface area contributed by atoms with Gasteiger partial charge in [-0.1, -0.05) is 16.5 Å². The number of amides is 1. The predicted octanol–water partition coefficient (Wildman–Crippen LogP) is 3.36. The molecule has 2 aromatic heterocycles. The Labute approximate surface area is 127 Å². The summed E-state index contributed by atoms with van der Waals surface area (Å²) in [6.07, 6.45) is 0.0970. The second-order valence-electron chi connectivity index (χ2n) is 4.78. The number of thiazole rings is 1. The summed E-state index contributed by atoms with van der Waals surface area (Å²) in [6.45, 7) is 3.48. The molecule has 0 spiro atoms. The van der Waals surface area contributed by atoms with Crippen LogP contribution >= 0.6 is 11.3 Å². The molecular weight excluding hydrogens is 312 g/mol. The molecule has 0 atom stereocenters.